The van der Waals surface area contributed by atoms with Gasteiger partial charge in [0, 0.05) is 30.5 Å². The lowest BCUT2D eigenvalue weighted by Crippen LogP contribution is -2.38. The summed E-state index contributed by atoms with van der Waals surface area (Å²) in [5, 5.41) is 3.60. The average molecular weight is 271 g/mol. The van der Waals surface area contributed by atoms with E-state index in [1.165, 1.54) is 12.0 Å². The van der Waals surface area contributed by atoms with E-state index in [9.17, 15) is 0 Å². The first-order chi connectivity index (χ1) is 9.76. The summed E-state index contributed by atoms with van der Waals surface area (Å²) in [7, 11) is 0. The van der Waals surface area contributed by atoms with Crippen LogP contribution in [0.3, 0.4) is 0 Å². The number of hydrogen-bond acceptors (Lipinski definition) is 2. The van der Waals surface area contributed by atoms with Gasteiger partial charge in [-0.05, 0) is 12.5 Å². The minimum Gasteiger partial charge on any atom is -0.329 e. The molecule has 0 aliphatic rings. The molecule has 0 spiro atoms. The Morgan fingerprint density at radius 2 is 1.95 bits per heavy atom. The van der Waals surface area contributed by atoms with Gasteiger partial charge in [0.2, 0.25) is 0 Å². The Hall–Kier alpha value is -1.61. The van der Waals surface area contributed by atoms with Crippen molar-refractivity contribution in [3.8, 4) is 11.4 Å². The van der Waals surface area contributed by atoms with E-state index in [-0.39, 0.29) is 0 Å². The van der Waals surface area contributed by atoms with Crippen molar-refractivity contribution in [2.75, 3.05) is 6.54 Å². The zero-order valence-corrected chi connectivity index (χ0v) is 12.7. The summed E-state index contributed by atoms with van der Waals surface area (Å²) in [5.74, 6) is 1.71. The minimum absolute atomic E-state index is 0.488. The Balaban J connectivity index is 2.19. The SMILES string of the molecule is CCNC(Cn1ccnc1-c1ccccc1)C(C)CC. The van der Waals surface area contributed by atoms with Gasteiger partial charge in [0.25, 0.3) is 0 Å². The van der Waals surface area contributed by atoms with Gasteiger partial charge in [-0.25, -0.2) is 4.98 Å². The van der Waals surface area contributed by atoms with Crippen molar-refractivity contribution in [1.82, 2.24) is 14.9 Å². The fourth-order valence-corrected chi connectivity index (χ4v) is 2.51. The molecule has 20 heavy (non-hydrogen) atoms. The van der Waals surface area contributed by atoms with Gasteiger partial charge in [0.1, 0.15) is 5.82 Å². The van der Waals surface area contributed by atoms with E-state index in [0.29, 0.717) is 12.0 Å². The van der Waals surface area contributed by atoms with E-state index in [0.717, 1.165) is 18.9 Å². The Morgan fingerprint density at radius 1 is 1.20 bits per heavy atom. The van der Waals surface area contributed by atoms with Crippen LogP contribution in [0.25, 0.3) is 11.4 Å². The molecule has 0 amide bonds. The molecule has 0 bridgehead atoms. The van der Waals surface area contributed by atoms with Gasteiger partial charge >= 0.3 is 0 Å². The predicted octanol–water partition coefficient (Wildman–Crippen LogP) is 3.57. The molecule has 2 rings (SSSR count). The number of benzene rings is 1. The smallest absolute Gasteiger partial charge is 0.139 e. The molecule has 0 aliphatic carbocycles. The summed E-state index contributed by atoms with van der Waals surface area (Å²) in [6.07, 6.45) is 5.16. The standard InChI is InChI=1S/C17H25N3/c1-4-14(3)16(18-5-2)13-20-12-11-19-17(20)15-9-7-6-8-10-15/h6-12,14,16,18H,4-5,13H2,1-3H3. The molecule has 0 aliphatic heterocycles. The topological polar surface area (TPSA) is 29.9 Å². The lowest BCUT2D eigenvalue weighted by Gasteiger charge is -2.25. The Labute approximate surface area is 122 Å². The first kappa shape index (κ1) is 14.8. The normalized spacial score (nSPS) is 14.2. The van der Waals surface area contributed by atoms with Crippen LogP contribution in [0.5, 0.6) is 0 Å². The van der Waals surface area contributed by atoms with Gasteiger partial charge in [-0.15, -0.1) is 0 Å². The largest absolute Gasteiger partial charge is 0.329 e. The average Bonchev–Trinajstić information content (AvgIpc) is 2.95. The van der Waals surface area contributed by atoms with E-state index in [4.69, 9.17) is 0 Å². The van der Waals surface area contributed by atoms with E-state index < -0.39 is 0 Å². The lowest BCUT2D eigenvalue weighted by molar-refractivity contribution is 0.336. The molecule has 0 saturated carbocycles. The molecule has 0 saturated heterocycles. The molecule has 1 aromatic heterocycles. The van der Waals surface area contributed by atoms with Crippen LogP contribution in [0.2, 0.25) is 0 Å². The van der Waals surface area contributed by atoms with Crippen LogP contribution in [0.4, 0.5) is 0 Å². The highest BCUT2D eigenvalue weighted by Gasteiger charge is 2.17. The van der Waals surface area contributed by atoms with Crippen molar-refractivity contribution in [2.24, 2.45) is 5.92 Å². The van der Waals surface area contributed by atoms with Crippen molar-refractivity contribution >= 4 is 0 Å². The zero-order valence-electron chi connectivity index (χ0n) is 12.7. The van der Waals surface area contributed by atoms with Crippen LogP contribution >= 0.6 is 0 Å². The van der Waals surface area contributed by atoms with Crippen molar-refractivity contribution in [1.29, 1.82) is 0 Å². The second-order valence-electron chi connectivity index (χ2n) is 5.32. The molecular weight excluding hydrogens is 246 g/mol. The van der Waals surface area contributed by atoms with E-state index in [1.807, 2.05) is 12.3 Å². The fourth-order valence-electron chi connectivity index (χ4n) is 2.51. The number of aromatic nitrogens is 2. The number of imidazole rings is 1. The first-order valence-corrected chi connectivity index (χ1v) is 7.56. The number of nitrogens with one attached hydrogen (secondary N) is 1. The predicted molar refractivity (Wildman–Crippen MR) is 84.6 cm³/mol. The van der Waals surface area contributed by atoms with Gasteiger partial charge in [0.15, 0.2) is 0 Å². The van der Waals surface area contributed by atoms with Gasteiger partial charge in [-0.1, -0.05) is 57.5 Å². The fraction of sp³-hybridized carbons (Fsp3) is 0.471. The van der Waals surface area contributed by atoms with Crippen molar-refractivity contribution in [3.63, 3.8) is 0 Å². The van der Waals surface area contributed by atoms with Crippen LogP contribution in [-0.2, 0) is 6.54 Å². The molecular formula is C17H25N3. The van der Waals surface area contributed by atoms with Crippen LogP contribution in [-0.4, -0.2) is 22.1 Å². The highest BCUT2D eigenvalue weighted by atomic mass is 15.1. The molecule has 0 radical (unpaired) electrons. The second-order valence-corrected chi connectivity index (χ2v) is 5.32. The molecule has 3 nitrogen and oxygen atoms in total. The van der Waals surface area contributed by atoms with Gasteiger partial charge in [-0.3, -0.25) is 0 Å². The highest BCUT2D eigenvalue weighted by molar-refractivity contribution is 5.55. The number of rotatable bonds is 7. The van der Waals surface area contributed by atoms with Gasteiger partial charge in [-0.2, -0.15) is 0 Å². The summed E-state index contributed by atoms with van der Waals surface area (Å²) in [6.45, 7) is 8.70. The quantitative estimate of drug-likeness (QED) is 0.834. The summed E-state index contributed by atoms with van der Waals surface area (Å²) in [6, 6.07) is 10.9. The maximum Gasteiger partial charge on any atom is 0.139 e. The Morgan fingerprint density at radius 3 is 2.60 bits per heavy atom. The third-order valence-corrected chi connectivity index (χ3v) is 3.94. The minimum atomic E-state index is 0.488. The molecule has 1 heterocycles. The first-order valence-electron chi connectivity index (χ1n) is 7.56. The van der Waals surface area contributed by atoms with Crippen molar-refractivity contribution in [3.05, 3.63) is 42.7 Å². The van der Waals surface area contributed by atoms with Crippen LogP contribution in [0.15, 0.2) is 42.7 Å². The van der Waals surface area contributed by atoms with Crippen LogP contribution in [0.1, 0.15) is 27.2 Å². The van der Waals surface area contributed by atoms with Crippen molar-refractivity contribution < 1.29 is 0 Å². The third kappa shape index (κ3) is 3.48. The van der Waals surface area contributed by atoms with E-state index in [1.54, 1.807) is 0 Å². The van der Waals surface area contributed by atoms with Crippen LogP contribution in [0, 0.1) is 5.92 Å². The second kappa shape index (κ2) is 7.25. The Bertz CT molecular complexity index is 504. The number of nitrogens with zero attached hydrogens (tertiary/aromatic N) is 2. The maximum atomic E-state index is 4.52. The molecule has 1 N–H and O–H groups in total. The molecule has 108 valence electrons. The van der Waals surface area contributed by atoms with Crippen molar-refractivity contribution in [2.45, 2.75) is 39.8 Å². The molecule has 2 atom stereocenters. The monoisotopic (exact) mass is 271 g/mol. The molecule has 2 unspecified atom stereocenters. The summed E-state index contributed by atoms with van der Waals surface area (Å²) < 4.78 is 2.26. The third-order valence-electron chi connectivity index (χ3n) is 3.94. The molecule has 3 heteroatoms. The van der Waals surface area contributed by atoms with Crippen LogP contribution < -0.4 is 5.32 Å². The zero-order chi connectivity index (χ0) is 14.4. The van der Waals surface area contributed by atoms with E-state index in [2.05, 4.69) is 66.1 Å². The van der Waals surface area contributed by atoms with E-state index >= 15 is 0 Å². The highest BCUT2D eigenvalue weighted by Crippen LogP contribution is 2.19. The van der Waals surface area contributed by atoms with Gasteiger partial charge in [0.05, 0.1) is 0 Å². The summed E-state index contributed by atoms with van der Waals surface area (Å²) in [5.41, 5.74) is 1.18. The number of likely N-dealkylation sites (N-methyl/N-ethyl adjacent to an activating group) is 1. The lowest BCUT2D eigenvalue weighted by atomic mass is 9.99. The summed E-state index contributed by atoms with van der Waals surface area (Å²) in [4.78, 5) is 4.52. The molecule has 1 aromatic carbocycles. The van der Waals surface area contributed by atoms with Gasteiger partial charge < -0.3 is 9.88 Å². The summed E-state index contributed by atoms with van der Waals surface area (Å²) >= 11 is 0. The number of hydrogen-bond donors (Lipinski definition) is 1. The molecule has 0 fully saturated rings. The maximum absolute atomic E-state index is 4.52. The molecule has 2 aromatic rings. The Kier molecular flexibility index (Phi) is 5.36.